The molecule has 0 aliphatic rings. The zero-order valence-electron chi connectivity index (χ0n) is 12.3. The van der Waals surface area contributed by atoms with E-state index in [2.05, 4.69) is 35.1 Å². The molecule has 124 valence electrons. The van der Waals surface area contributed by atoms with Crippen LogP contribution in [0.4, 0.5) is 0 Å². The lowest BCUT2D eigenvalue weighted by molar-refractivity contribution is -0.159. The molecule has 0 saturated carbocycles. The number of aliphatic carboxylic acids is 2. The molecule has 0 saturated heterocycles. The van der Waals surface area contributed by atoms with Gasteiger partial charge in [-0.1, -0.05) is 25.4 Å². The Kier molecular flexibility index (Phi) is 10.6. The average molecular weight is 397 g/mol. The fourth-order valence-electron chi connectivity index (χ4n) is 1.24. The first-order chi connectivity index (χ1) is 10.2. The second-order valence-electron chi connectivity index (χ2n) is 4.50. The normalized spacial score (nSPS) is 9.86. The van der Waals surface area contributed by atoms with Crippen molar-refractivity contribution in [2.45, 2.75) is 26.3 Å². The van der Waals surface area contributed by atoms with Crippen LogP contribution in [0.2, 0.25) is 5.02 Å². The van der Waals surface area contributed by atoms with E-state index in [9.17, 15) is 0 Å². The van der Waals surface area contributed by atoms with Crippen LogP contribution >= 0.6 is 27.5 Å². The van der Waals surface area contributed by atoms with Crippen molar-refractivity contribution in [1.29, 1.82) is 0 Å². The Hall–Kier alpha value is -1.31. The minimum absolute atomic E-state index is 0.530. The monoisotopic (exact) mass is 395 g/mol. The standard InChI is InChI=1S/C12H17BrClNO.C2H2O4/c1-9(2)15-6-3-7-16-12-5-4-10(14)8-11(12)13;3-1(4)2(5)6/h4-5,8-9,15H,3,6-7H2,1-2H3;(H,3,4)(H,5,6). The lowest BCUT2D eigenvalue weighted by Crippen LogP contribution is -2.24. The summed E-state index contributed by atoms with van der Waals surface area (Å²) < 4.78 is 6.53. The molecule has 8 heteroatoms. The van der Waals surface area contributed by atoms with E-state index in [0.717, 1.165) is 23.2 Å². The summed E-state index contributed by atoms with van der Waals surface area (Å²) in [6.45, 7) is 5.95. The topological polar surface area (TPSA) is 95.9 Å². The van der Waals surface area contributed by atoms with Crippen molar-refractivity contribution in [3.8, 4) is 5.75 Å². The molecule has 0 aliphatic heterocycles. The number of rotatable bonds is 6. The van der Waals surface area contributed by atoms with Crippen molar-refractivity contribution in [3.63, 3.8) is 0 Å². The Bertz CT molecular complexity index is 484. The van der Waals surface area contributed by atoms with Gasteiger partial charge in [0.25, 0.3) is 0 Å². The van der Waals surface area contributed by atoms with Crippen LogP contribution in [0.25, 0.3) is 0 Å². The largest absolute Gasteiger partial charge is 0.492 e. The van der Waals surface area contributed by atoms with E-state index in [-0.39, 0.29) is 0 Å². The number of benzene rings is 1. The van der Waals surface area contributed by atoms with Crippen LogP contribution < -0.4 is 10.1 Å². The van der Waals surface area contributed by atoms with E-state index in [0.29, 0.717) is 17.7 Å². The van der Waals surface area contributed by atoms with Gasteiger partial charge in [-0.2, -0.15) is 0 Å². The maximum absolute atomic E-state index is 9.10. The minimum Gasteiger partial charge on any atom is -0.492 e. The number of ether oxygens (including phenoxy) is 1. The molecule has 0 aliphatic carbocycles. The lowest BCUT2D eigenvalue weighted by atomic mass is 10.3. The molecule has 0 fully saturated rings. The summed E-state index contributed by atoms with van der Waals surface area (Å²) in [5.41, 5.74) is 0. The van der Waals surface area contributed by atoms with Crippen LogP contribution in [0.15, 0.2) is 22.7 Å². The van der Waals surface area contributed by atoms with Crippen LogP contribution in [-0.2, 0) is 9.59 Å². The maximum atomic E-state index is 9.10. The number of hydrogen-bond acceptors (Lipinski definition) is 4. The number of halogens is 2. The second-order valence-corrected chi connectivity index (χ2v) is 5.79. The zero-order valence-corrected chi connectivity index (χ0v) is 14.6. The zero-order chi connectivity index (χ0) is 17.1. The van der Waals surface area contributed by atoms with E-state index in [1.54, 1.807) is 0 Å². The number of nitrogens with one attached hydrogen (secondary N) is 1. The van der Waals surface area contributed by atoms with Crippen molar-refractivity contribution < 1.29 is 24.5 Å². The third-order valence-corrected chi connectivity index (χ3v) is 3.06. The first kappa shape index (κ1) is 20.7. The van der Waals surface area contributed by atoms with E-state index in [1.165, 1.54) is 0 Å². The molecule has 0 bridgehead atoms. The minimum atomic E-state index is -1.82. The average Bonchev–Trinajstić information content (AvgIpc) is 2.40. The highest BCUT2D eigenvalue weighted by Crippen LogP contribution is 2.27. The Morgan fingerprint density at radius 1 is 1.32 bits per heavy atom. The molecule has 6 nitrogen and oxygen atoms in total. The van der Waals surface area contributed by atoms with Gasteiger partial charge in [-0.3, -0.25) is 0 Å². The fraction of sp³-hybridized carbons (Fsp3) is 0.429. The molecule has 1 aromatic rings. The molecule has 1 rings (SSSR count). The fourth-order valence-corrected chi connectivity index (χ4v) is 2.03. The molecular weight excluding hydrogens is 378 g/mol. The maximum Gasteiger partial charge on any atom is 0.414 e. The van der Waals surface area contributed by atoms with Crippen molar-refractivity contribution in [3.05, 3.63) is 27.7 Å². The molecule has 1 aromatic carbocycles. The SMILES string of the molecule is CC(C)NCCCOc1ccc(Cl)cc1Br.O=C(O)C(=O)O. The van der Waals surface area contributed by atoms with Gasteiger partial charge < -0.3 is 20.3 Å². The molecule has 0 amide bonds. The predicted octanol–water partition coefficient (Wildman–Crippen LogP) is 3.03. The quantitative estimate of drug-likeness (QED) is 0.505. The molecule has 0 heterocycles. The summed E-state index contributed by atoms with van der Waals surface area (Å²) in [5.74, 6) is -2.81. The van der Waals surface area contributed by atoms with Gasteiger partial charge in [0.15, 0.2) is 0 Å². The third kappa shape index (κ3) is 10.4. The second kappa shape index (κ2) is 11.3. The van der Waals surface area contributed by atoms with Crippen molar-refractivity contribution in [1.82, 2.24) is 5.32 Å². The summed E-state index contributed by atoms with van der Waals surface area (Å²) in [5, 5.41) is 18.8. The highest BCUT2D eigenvalue weighted by Gasteiger charge is 2.04. The van der Waals surface area contributed by atoms with Gasteiger partial charge in [0, 0.05) is 11.1 Å². The predicted molar refractivity (Wildman–Crippen MR) is 87.7 cm³/mol. The Morgan fingerprint density at radius 2 is 1.91 bits per heavy atom. The number of hydrogen-bond donors (Lipinski definition) is 3. The highest BCUT2D eigenvalue weighted by atomic mass is 79.9. The van der Waals surface area contributed by atoms with Gasteiger partial charge in [0.2, 0.25) is 0 Å². The molecule has 0 unspecified atom stereocenters. The van der Waals surface area contributed by atoms with E-state index < -0.39 is 11.9 Å². The van der Waals surface area contributed by atoms with Gasteiger partial charge in [-0.05, 0) is 47.1 Å². The van der Waals surface area contributed by atoms with Crippen molar-refractivity contribution in [2.75, 3.05) is 13.2 Å². The van der Waals surface area contributed by atoms with Crippen LogP contribution in [0.5, 0.6) is 5.75 Å². The van der Waals surface area contributed by atoms with Crippen LogP contribution in [0.1, 0.15) is 20.3 Å². The summed E-state index contributed by atoms with van der Waals surface area (Å²) >= 11 is 9.25. The molecule has 0 atom stereocenters. The van der Waals surface area contributed by atoms with Crippen molar-refractivity contribution >= 4 is 39.5 Å². The van der Waals surface area contributed by atoms with Crippen LogP contribution in [0, 0.1) is 0 Å². The molecule has 0 spiro atoms. The third-order valence-electron chi connectivity index (χ3n) is 2.21. The summed E-state index contributed by atoms with van der Waals surface area (Å²) in [6, 6.07) is 6.07. The molecule has 0 radical (unpaired) electrons. The van der Waals surface area contributed by atoms with E-state index in [4.69, 9.17) is 36.1 Å². The van der Waals surface area contributed by atoms with Gasteiger partial charge in [-0.25, -0.2) is 9.59 Å². The summed E-state index contributed by atoms with van der Waals surface area (Å²) in [4.78, 5) is 18.2. The van der Waals surface area contributed by atoms with Gasteiger partial charge in [-0.15, -0.1) is 0 Å². The van der Waals surface area contributed by atoms with E-state index >= 15 is 0 Å². The number of carboxylic acid groups (broad SMARTS) is 2. The van der Waals surface area contributed by atoms with Crippen LogP contribution in [-0.4, -0.2) is 41.3 Å². The molecule has 3 N–H and O–H groups in total. The van der Waals surface area contributed by atoms with Crippen LogP contribution in [0.3, 0.4) is 0 Å². The van der Waals surface area contributed by atoms with E-state index in [1.807, 2.05) is 18.2 Å². The number of carboxylic acids is 2. The first-order valence-corrected chi connectivity index (χ1v) is 7.68. The first-order valence-electron chi connectivity index (χ1n) is 6.51. The lowest BCUT2D eigenvalue weighted by Gasteiger charge is -2.10. The number of carbonyl (C=O) groups is 2. The van der Waals surface area contributed by atoms with Gasteiger partial charge >= 0.3 is 11.9 Å². The Morgan fingerprint density at radius 3 is 2.36 bits per heavy atom. The highest BCUT2D eigenvalue weighted by molar-refractivity contribution is 9.10. The molecular formula is C14H19BrClNO5. The molecule has 22 heavy (non-hydrogen) atoms. The summed E-state index contributed by atoms with van der Waals surface area (Å²) in [7, 11) is 0. The summed E-state index contributed by atoms with van der Waals surface area (Å²) in [6.07, 6.45) is 0.993. The van der Waals surface area contributed by atoms with Gasteiger partial charge in [0.05, 0.1) is 11.1 Å². The van der Waals surface area contributed by atoms with Crippen molar-refractivity contribution in [2.24, 2.45) is 0 Å². The Balaban J connectivity index is 0.000000626. The molecule has 0 aromatic heterocycles. The smallest absolute Gasteiger partial charge is 0.414 e. The van der Waals surface area contributed by atoms with Gasteiger partial charge in [0.1, 0.15) is 5.75 Å². The Labute approximate surface area is 142 Å².